The number of halogens is 2. The predicted molar refractivity (Wildman–Crippen MR) is 106 cm³/mol. The van der Waals surface area contributed by atoms with Crippen molar-refractivity contribution in [3.8, 4) is 0 Å². The maximum atomic E-state index is 13.2. The van der Waals surface area contributed by atoms with Crippen molar-refractivity contribution >= 4 is 40.8 Å². The lowest BCUT2D eigenvalue weighted by molar-refractivity contribution is -0.124. The van der Waals surface area contributed by atoms with Crippen molar-refractivity contribution in [3.05, 3.63) is 59.4 Å². The number of nitrogens with one attached hydrogen (secondary N) is 1. The van der Waals surface area contributed by atoms with Gasteiger partial charge in [-0.05, 0) is 48.5 Å². The molecule has 0 aliphatic carbocycles. The Balaban J connectivity index is 1.79. The van der Waals surface area contributed by atoms with E-state index in [4.69, 9.17) is 16.3 Å². The highest BCUT2D eigenvalue weighted by atomic mass is 35.5. The fourth-order valence-corrected chi connectivity index (χ4v) is 3.15. The second-order valence-corrected chi connectivity index (χ2v) is 6.83. The standard InChI is InChI=1S/C20H19ClFN3O4/c1-29-11-10-24-17(12-18(26)23-15-6-2-13(21)3-7-15)19(27)25(20(24)28)16-8-4-14(22)5-9-16/h2-9,17H,10-12H2,1H3,(H,23,26)/t17-/m1/s1. The zero-order valence-corrected chi connectivity index (χ0v) is 16.4. The van der Waals surface area contributed by atoms with Crippen molar-refractivity contribution in [1.29, 1.82) is 0 Å². The van der Waals surface area contributed by atoms with Gasteiger partial charge in [-0.2, -0.15) is 0 Å². The predicted octanol–water partition coefficient (Wildman–Crippen LogP) is 3.29. The summed E-state index contributed by atoms with van der Waals surface area (Å²) in [6.45, 7) is 0.337. The number of benzene rings is 2. The van der Waals surface area contributed by atoms with Crippen molar-refractivity contribution in [3.63, 3.8) is 0 Å². The first-order chi connectivity index (χ1) is 13.9. The molecular weight excluding hydrogens is 401 g/mol. The van der Waals surface area contributed by atoms with Gasteiger partial charge in [-0.3, -0.25) is 9.59 Å². The van der Waals surface area contributed by atoms with Crippen LogP contribution in [0.2, 0.25) is 5.02 Å². The molecule has 2 aromatic carbocycles. The Kier molecular flexibility index (Phi) is 6.46. The van der Waals surface area contributed by atoms with E-state index in [0.717, 1.165) is 17.0 Å². The van der Waals surface area contributed by atoms with Crippen molar-refractivity contribution in [2.24, 2.45) is 0 Å². The van der Waals surface area contributed by atoms with Crippen molar-refractivity contribution < 1.29 is 23.5 Å². The minimum absolute atomic E-state index is 0.137. The Hall–Kier alpha value is -2.97. The van der Waals surface area contributed by atoms with Gasteiger partial charge in [0, 0.05) is 24.4 Å². The number of imide groups is 1. The number of carbonyl (C=O) groups excluding carboxylic acids is 3. The van der Waals surface area contributed by atoms with Crippen LogP contribution in [0.4, 0.5) is 20.6 Å². The average Bonchev–Trinajstić information content (AvgIpc) is 2.92. The first-order valence-corrected chi connectivity index (χ1v) is 9.23. The first kappa shape index (κ1) is 20.8. The van der Waals surface area contributed by atoms with E-state index in [1.165, 1.54) is 24.1 Å². The highest BCUT2D eigenvalue weighted by molar-refractivity contribution is 6.30. The lowest BCUT2D eigenvalue weighted by Crippen LogP contribution is -2.39. The van der Waals surface area contributed by atoms with E-state index in [0.29, 0.717) is 10.7 Å². The minimum Gasteiger partial charge on any atom is -0.383 e. The van der Waals surface area contributed by atoms with Crippen LogP contribution in [0.25, 0.3) is 0 Å². The zero-order valence-electron chi connectivity index (χ0n) is 15.6. The lowest BCUT2D eigenvalue weighted by atomic mass is 10.1. The molecule has 1 N–H and O–H groups in total. The number of urea groups is 1. The Morgan fingerprint density at radius 2 is 1.79 bits per heavy atom. The van der Waals surface area contributed by atoms with Gasteiger partial charge in [0.1, 0.15) is 11.9 Å². The summed E-state index contributed by atoms with van der Waals surface area (Å²) >= 11 is 5.83. The van der Waals surface area contributed by atoms with Crippen LogP contribution in [0.3, 0.4) is 0 Å². The summed E-state index contributed by atoms with van der Waals surface area (Å²) in [5.74, 6) is -1.46. The minimum atomic E-state index is -0.991. The van der Waals surface area contributed by atoms with E-state index < -0.39 is 29.7 Å². The van der Waals surface area contributed by atoms with Gasteiger partial charge in [-0.1, -0.05) is 11.6 Å². The summed E-state index contributed by atoms with van der Waals surface area (Å²) in [5, 5.41) is 3.21. The summed E-state index contributed by atoms with van der Waals surface area (Å²) in [4.78, 5) is 40.5. The summed E-state index contributed by atoms with van der Waals surface area (Å²) in [5.41, 5.74) is 0.763. The number of hydrogen-bond donors (Lipinski definition) is 1. The maximum Gasteiger partial charge on any atom is 0.332 e. The molecule has 0 bridgehead atoms. The molecule has 0 radical (unpaired) electrons. The number of nitrogens with zero attached hydrogens (tertiary/aromatic N) is 2. The van der Waals surface area contributed by atoms with Gasteiger partial charge in [0.05, 0.1) is 18.7 Å². The van der Waals surface area contributed by atoms with Crippen LogP contribution in [0.1, 0.15) is 6.42 Å². The molecule has 1 atom stereocenters. The van der Waals surface area contributed by atoms with E-state index in [-0.39, 0.29) is 25.3 Å². The fraction of sp³-hybridized carbons (Fsp3) is 0.250. The largest absolute Gasteiger partial charge is 0.383 e. The number of rotatable bonds is 7. The molecule has 0 saturated carbocycles. The van der Waals surface area contributed by atoms with Crippen molar-refractivity contribution in [2.45, 2.75) is 12.5 Å². The molecule has 152 valence electrons. The molecule has 3 rings (SSSR count). The number of methoxy groups -OCH3 is 1. The van der Waals surface area contributed by atoms with Gasteiger partial charge in [-0.15, -0.1) is 0 Å². The average molecular weight is 420 g/mol. The maximum absolute atomic E-state index is 13.2. The van der Waals surface area contributed by atoms with Gasteiger partial charge >= 0.3 is 6.03 Å². The normalized spacial score (nSPS) is 16.4. The molecule has 0 aromatic heterocycles. The van der Waals surface area contributed by atoms with Gasteiger partial charge in [0.25, 0.3) is 5.91 Å². The highest BCUT2D eigenvalue weighted by Crippen LogP contribution is 2.27. The molecule has 0 unspecified atom stereocenters. The molecule has 29 heavy (non-hydrogen) atoms. The summed E-state index contributed by atoms with van der Waals surface area (Å²) in [6.07, 6.45) is -0.228. The van der Waals surface area contributed by atoms with Crippen LogP contribution in [0, 0.1) is 5.82 Å². The van der Waals surface area contributed by atoms with Gasteiger partial charge in [0.15, 0.2) is 0 Å². The summed E-state index contributed by atoms with van der Waals surface area (Å²) in [7, 11) is 1.47. The number of amides is 4. The molecular formula is C20H19ClFN3O4. The van der Waals surface area contributed by atoms with Crippen LogP contribution in [-0.2, 0) is 14.3 Å². The monoisotopic (exact) mass is 419 g/mol. The molecule has 0 spiro atoms. The molecule has 1 aliphatic heterocycles. The molecule has 1 fully saturated rings. The molecule has 1 saturated heterocycles. The first-order valence-electron chi connectivity index (χ1n) is 8.85. The highest BCUT2D eigenvalue weighted by Gasteiger charge is 2.46. The Morgan fingerprint density at radius 1 is 1.14 bits per heavy atom. The smallest absolute Gasteiger partial charge is 0.332 e. The molecule has 4 amide bonds. The van der Waals surface area contributed by atoms with E-state index in [2.05, 4.69) is 5.32 Å². The fourth-order valence-electron chi connectivity index (χ4n) is 3.03. The molecule has 1 aliphatic rings. The second-order valence-electron chi connectivity index (χ2n) is 6.39. The van der Waals surface area contributed by atoms with Gasteiger partial charge in [0.2, 0.25) is 5.91 Å². The number of hydrogen-bond acceptors (Lipinski definition) is 4. The number of anilines is 2. The van der Waals surface area contributed by atoms with Crippen LogP contribution in [0.15, 0.2) is 48.5 Å². The van der Waals surface area contributed by atoms with Crippen LogP contribution < -0.4 is 10.2 Å². The summed E-state index contributed by atoms with van der Waals surface area (Å²) < 4.78 is 18.2. The van der Waals surface area contributed by atoms with E-state index >= 15 is 0 Å². The zero-order chi connectivity index (χ0) is 21.0. The van der Waals surface area contributed by atoms with Crippen molar-refractivity contribution in [2.75, 3.05) is 30.5 Å². The third-order valence-electron chi connectivity index (χ3n) is 4.45. The van der Waals surface area contributed by atoms with Crippen LogP contribution in [0.5, 0.6) is 0 Å². The van der Waals surface area contributed by atoms with Crippen LogP contribution in [-0.4, -0.2) is 49.0 Å². The molecule has 9 heteroatoms. The molecule has 1 heterocycles. The Bertz CT molecular complexity index is 905. The van der Waals surface area contributed by atoms with E-state index in [1.54, 1.807) is 24.3 Å². The second kappa shape index (κ2) is 9.02. The van der Waals surface area contributed by atoms with E-state index in [9.17, 15) is 18.8 Å². The van der Waals surface area contributed by atoms with Crippen molar-refractivity contribution in [1.82, 2.24) is 4.90 Å². The van der Waals surface area contributed by atoms with E-state index in [1.807, 2.05) is 0 Å². The third kappa shape index (κ3) is 4.72. The number of carbonyl (C=O) groups is 3. The number of ether oxygens (including phenoxy) is 1. The van der Waals surface area contributed by atoms with Crippen LogP contribution >= 0.6 is 11.6 Å². The van der Waals surface area contributed by atoms with Gasteiger partial charge in [-0.25, -0.2) is 14.1 Å². The Labute approximate surface area is 172 Å². The van der Waals surface area contributed by atoms with Gasteiger partial charge < -0.3 is 15.0 Å². The molecule has 2 aromatic rings. The third-order valence-corrected chi connectivity index (χ3v) is 4.70. The topological polar surface area (TPSA) is 79.0 Å². The lowest BCUT2D eigenvalue weighted by Gasteiger charge is -2.21. The Morgan fingerprint density at radius 3 is 2.41 bits per heavy atom. The molecule has 7 nitrogen and oxygen atoms in total. The summed E-state index contributed by atoms with van der Waals surface area (Å²) in [6, 6.07) is 9.96. The SMILES string of the molecule is COCCN1C(=O)N(c2ccc(F)cc2)C(=O)[C@H]1CC(=O)Nc1ccc(Cl)cc1. The quantitative estimate of drug-likeness (QED) is 0.698.